The summed E-state index contributed by atoms with van der Waals surface area (Å²) in [6.07, 6.45) is 3.80. The van der Waals surface area contributed by atoms with Gasteiger partial charge in [-0.1, -0.05) is 19.1 Å². The Kier molecular flexibility index (Phi) is 5.04. The summed E-state index contributed by atoms with van der Waals surface area (Å²) in [7, 11) is 0. The average Bonchev–Trinajstić information content (AvgIpc) is 2.92. The molecular formula is C16H22N2O. The Bertz CT molecular complexity index is 462. The third-order valence-electron chi connectivity index (χ3n) is 3.39. The number of hydrogen-bond acceptors (Lipinski definition) is 3. The second kappa shape index (κ2) is 7.00. The standard InChI is InChI=1S/C16H22N2O/c1-13(14-4-6-15(17)7-5-14)8-10-18-11-9-16-3-2-12-19-16/h2-7,12-13,18H,8-11,17H2,1H3. The number of furan rings is 1. The topological polar surface area (TPSA) is 51.2 Å². The number of anilines is 1. The molecule has 3 N–H and O–H groups in total. The van der Waals surface area contributed by atoms with Crippen molar-refractivity contribution in [2.45, 2.75) is 25.7 Å². The van der Waals surface area contributed by atoms with Gasteiger partial charge >= 0.3 is 0 Å². The highest BCUT2D eigenvalue weighted by molar-refractivity contribution is 5.40. The van der Waals surface area contributed by atoms with E-state index in [0.29, 0.717) is 5.92 Å². The van der Waals surface area contributed by atoms with Crippen molar-refractivity contribution in [1.29, 1.82) is 0 Å². The fourth-order valence-electron chi connectivity index (χ4n) is 2.10. The van der Waals surface area contributed by atoms with Crippen molar-refractivity contribution in [1.82, 2.24) is 5.32 Å². The molecule has 0 fully saturated rings. The third kappa shape index (κ3) is 4.45. The van der Waals surface area contributed by atoms with Crippen LogP contribution < -0.4 is 11.1 Å². The molecular weight excluding hydrogens is 236 g/mol. The zero-order valence-corrected chi connectivity index (χ0v) is 11.4. The molecule has 1 aromatic carbocycles. The number of nitrogens with two attached hydrogens (primary N) is 1. The first kappa shape index (κ1) is 13.7. The number of hydrogen-bond donors (Lipinski definition) is 2. The van der Waals surface area contributed by atoms with Gasteiger partial charge in [-0.2, -0.15) is 0 Å². The lowest BCUT2D eigenvalue weighted by atomic mass is 9.97. The SMILES string of the molecule is CC(CCNCCc1ccco1)c1ccc(N)cc1. The summed E-state index contributed by atoms with van der Waals surface area (Å²) in [5.74, 6) is 1.59. The Balaban J connectivity index is 1.63. The van der Waals surface area contributed by atoms with Crippen LogP contribution in [-0.4, -0.2) is 13.1 Å². The fraction of sp³-hybridized carbons (Fsp3) is 0.375. The number of nitrogen functional groups attached to an aromatic ring is 1. The fourth-order valence-corrected chi connectivity index (χ4v) is 2.10. The summed E-state index contributed by atoms with van der Waals surface area (Å²) in [4.78, 5) is 0. The van der Waals surface area contributed by atoms with Crippen molar-refractivity contribution in [2.24, 2.45) is 0 Å². The van der Waals surface area contributed by atoms with E-state index < -0.39 is 0 Å². The Morgan fingerprint density at radius 2 is 1.95 bits per heavy atom. The van der Waals surface area contributed by atoms with Crippen LogP contribution in [0, 0.1) is 0 Å². The smallest absolute Gasteiger partial charge is 0.105 e. The van der Waals surface area contributed by atoms with Crippen molar-refractivity contribution in [3.05, 3.63) is 54.0 Å². The summed E-state index contributed by atoms with van der Waals surface area (Å²) in [6.45, 7) is 4.23. The number of rotatable bonds is 7. The molecule has 102 valence electrons. The third-order valence-corrected chi connectivity index (χ3v) is 3.39. The van der Waals surface area contributed by atoms with Crippen molar-refractivity contribution in [3.63, 3.8) is 0 Å². The first-order valence-electron chi connectivity index (χ1n) is 6.84. The molecule has 0 saturated carbocycles. The second-order valence-electron chi connectivity index (χ2n) is 4.94. The summed E-state index contributed by atoms with van der Waals surface area (Å²) in [5, 5.41) is 3.45. The highest BCUT2D eigenvalue weighted by atomic mass is 16.3. The lowest BCUT2D eigenvalue weighted by molar-refractivity contribution is 0.495. The first-order chi connectivity index (χ1) is 9.25. The molecule has 0 amide bonds. The van der Waals surface area contributed by atoms with Crippen molar-refractivity contribution in [3.8, 4) is 0 Å². The maximum absolute atomic E-state index is 5.69. The van der Waals surface area contributed by atoms with Crippen molar-refractivity contribution >= 4 is 5.69 Å². The van der Waals surface area contributed by atoms with E-state index in [1.165, 1.54) is 5.56 Å². The van der Waals surface area contributed by atoms with Gasteiger partial charge in [-0.3, -0.25) is 0 Å². The molecule has 2 aromatic rings. The molecule has 0 aliphatic carbocycles. The van der Waals surface area contributed by atoms with Crippen LogP contribution in [0.25, 0.3) is 0 Å². The van der Waals surface area contributed by atoms with Gasteiger partial charge < -0.3 is 15.5 Å². The Hall–Kier alpha value is -1.74. The summed E-state index contributed by atoms with van der Waals surface area (Å²) < 4.78 is 5.29. The van der Waals surface area contributed by atoms with Crippen LogP contribution in [0.4, 0.5) is 5.69 Å². The van der Waals surface area contributed by atoms with E-state index in [0.717, 1.165) is 37.4 Å². The maximum Gasteiger partial charge on any atom is 0.105 e. The zero-order valence-electron chi connectivity index (χ0n) is 11.4. The summed E-state index contributed by atoms with van der Waals surface area (Å²) >= 11 is 0. The van der Waals surface area contributed by atoms with Gasteiger partial charge in [0, 0.05) is 18.7 Å². The molecule has 0 aliphatic heterocycles. The molecule has 0 bridgehead atoms. The molecule has 1 atom stereocenters. The van der Waals surface area contributed by atoms with Gasteiger partial charge in [0.05, 0.1) is 6.26 Å². The van der Waals surface area contributed by atoms with E-state index in [1.54, 1.807) is 6.26 Å². The van der Waals surface area contributed by atoms with Crippen LogP contribution in [0.1, 0.15) is 30.6 Å². The van der Waals surface area contributed by atoms with Crippen molar-refractivity contribution in [2.75, 3.05) is 18.8 Å². The van der Waals surface area contributed by atoms with Gasteiger partial charge in [0.15, 0.2) is 0 Å². The van der Waals surface area contributed by atoms with Crippen LogP contribution in [0.3, 0.4) is 0 Å². The molecule has 19 heavy (non-hydrogen) atoms. The molecule has 0 saturated heterocycles. The van der Waals surface area contributed by atoms with E-state index in [2.05, 4.69) is 24.4 Å². The quantitative estimate of drug-likeness (QED) is 0.592. The van der Waals surface area contributed by atoms with E-state index in [1.807, 2.05) is 24.3 Å². The molecule has 2 rings (SSSR count). The predicted octanol–water partition coefficient (Wildman–Crippen LogP) is 3.19. The molecule has 1 aromatic heterocycles. The lowest BCUT2D eigenvalue weighted by Gasteiger charge is -2.12. The van der Waals surface area contributed by atoms with E-state index in [-0.39, 0.29) is 0 Å². The number of nitrogens with one attached hydrogen (secondary N) is 1. The van der Waals surface area contributed by atoms with E-state index >= 15 is 0 Å². The minimum atomic E-state index is 0.553. The summed E-state index contributed by atoms with van der Waals surface area (Å²) in [5.41, 5.74) is 7.87. The van der Waals surface area contributed by atoms with Gasteiger partial charge in [-0.25, -0.2) is 0 Å². The Morgan fingerprint density at radius 3 is 2.63 bits per heavy atom. The van der Waals surface area contributed by atoms with E-state index in [9.17, 15) is 0 Å². The number of benzene rings is 1. The monoisotopic (exact) mass is 258 g/mol. The molecule has 0 spiro atoms. The molecule has 3 heteroatoms. The lowest BCUT2D eigenvalue weighted by Crippen LogP contribution is -2.19. The highest BCUT2D eigenvalue weighted by Gasteiger charge is 2.04. The van der Waals surface area contributed by atoms with Crippen LogP contribution in [0.15, 0.2) is 47.1 Å². The van der Waals surface area contributed by atoms with Gasteiger partial charge in [-0.05, 0) is 48.7 Å². The predicted molar refractivity (Wildman–Crippen MR) is 79.2 cm³/mol. The second-order valence-corrected chi connectivity index (χ2v) is 4.94. The van der Waals surface area contributed by atoms with Crippen LogP contribution in [0.2, 0.25) is 0 Å². The largest absolute Gasteiger partial charge is 0.469 e. The maximum atomic E-state index is 5.69. The molecule has 3 nitrogen and oxygen atoms in total. The Morgan fingerprint density at radius 1 is 1.16 bits per heavy atom. The minimum Gasteiger partial charge on any atom is -0.469 e. The Labute approximate surface area is 114 Å². The highest BCUT2D eigenvalue weighted by Crippen LogP contribution is 2.19. The van der Waals surface area contributed by atoms with Crippen LogP contribution in [-0.2, 0) is 6.42 Å². The molecule has 0 aliphatic rings. The van der Waals surface area contributed by atoms with Gasteiger partial charge in [-0.15, -0.1) is 0 Å². The molecule has 0 radical (unpaired) electrons. The average molecular weight is 258 g/mol. The molecule has 1 heterocycles. The minimum absolute atomic E-state index is 0.553. The van der Waals surface area contributed by atoms with Gasteiger partial charge in [0.1, 0.15) is 5.76 Å². The zero-order chi connectivity index (χ0) is 13.5. The summed E-state index contributed by atoms with van der Waals surface area (Å²) in [6, 6.07) is 12.1. The molecule has 1 unspecified atom stereocenters. The van der Waals surface area contributed by atoms with Crippen LogP contribution >= 0.6 is 0 Å². The van der Waals surface area contributed by atoms with Crippen molar-refractivity contribution < 1.29 is 4.42 Å². The van der Waals surface area contributed by atoms with Crippen LogP contribution in [0.5, 0.6) is 0 Å². The van der Waals surface area contributed by atoms with E-state index in [4.69, 9.17) is 10.2 Å². The van der Waals surface area contributed by atoms with Gasteiger partial charge in [0.2, 0.25) is 0 Å². The first-order valence-corrected chi connectivity index (χ1v) is 6.84. The van der Waals surface area contributed by atoms with Gasteiger partial charge in [0.25, 0.3) is 0 Å². The normalized spacial score (nSPS) is 12.5.